The van der Waals surface area contributed by atoms with Gasteiger partial charge in [-0.25, -0.2) is 4.79 Å². The van der Waals surface area contributed by atoms with Crippen molar-refractivity contribution in [1.29, 1.82) is 0 Å². The summed E-state index contributed by atoms with van der Waals surface area (Å²) in [5.41, 5.74) is -1.08. The van der Waals surface area contributed by atoms with E-state index in [-0.39, 0.29) is 5.69 Å². The van der Waals surface area contributed by atoms with Crippen LogP contribution in [0.25, 0.3) is 0 Å². The summed E-state index contributed by atoms with van der Waals surface area (Å²) in [5.74, 6) is -2.25. The zero-order valence-electron chi connectivity index (χ0n) is 10.1. The Morgan fingerprint density at radius 1 is 1.29 bits per heavy atom. The number of rotatable bonds is 5. The van der Waals surface area contributed by atoms with E-state index in [0.29, 0.717) is 12.2 Å². The number of nitrogens with zero attached hydrogens (tertiary/aromatic N) is 1. The van der Waals surface area contributed by atoms with Gasteiger partial charge in [-0.2, -0.15) is 8.42 Å². The van der Waals surface area contributed by atoms with E-state index in [2.05, 4.69) is 5.32 Å². The van der Waals surface area contributed by atoms with Crippen molar-refractivity contribution in [3.05, 3.63) is 40.5 Å². The van der Waals surface area contributed by atoms with E-state index in [9.17, 15) is 28.1 Å². The van der Waals surface area contributed by atoms with Crippen LogP contribution in [0.1, 0.15) is 0 Å². The number of nitrogens with one attached hydrogen (secondary N) is 1. The number of hydrogen-bond acceptors (Lipinski definition) is 6. The Morgan fingerprint density at radius 3 is 2.38 bits per heavy atom. The van der Waals surface area contributed by atoms with Crippen molar-refractivity contribution in [2.45, 2.75) is 4.90 Å². The fraction of sp³-hybridized carbons (Fsp3) is 0. The van der Waals surface area contributed by atoms with Crippen molar-refractivity contribution in [2.75, 3.05) is 5.32 Å². The number of carbonyl (C=O) groups is 2. The van der Waals surface area contributed by atoms with E-state index in [1.54, 1.807) is 0 Å². The number of hydrogen-bond donors (Lipinski definition) is 3. The van der Waals surface area contributed by atoms with E-state index in [0.717, 1.165) is 18.2 Å². The second kappa shape index (κ2) is 6.11. The molecule has 3 N–H and O–H groups in total. The molecule has 0 aliphatic carbocycles. The van der Waals surface area contributed by atoms with Crippen LogP contribution in [0, 0.1) is 10.1 Å². The molecule has 0 radical (unpaired) electrons. The molecule has 10 nitrogen and oxygen atoms in total. The molecule has 0 fully saturated rings. The number of anilines is 1. The van der Waals surface area contributed by atoms with E-state index in [1.807, 2.05) is 0 Å². The number of nitro benzene ring substituents is 1. The zero-order valence-corrected chi connectivity index (χ0v) is 10.9. The highest BCUT2D eigenvalue weighted by atomic mass is 32.2. The molecular weight excluding hydrogens is 308 g/mol. The largest absolute Gasteiger partial charge is 0.478 e. The minimum absolute atomic E-state index is 0.144. The summed E-state index contributed by atoms with van der Waals surface area (Å²) in [5, 5.41) is 21.2. The molecule has 112 valence electrons. The van der Waals surface area contributed by atoms with Crippen LogP contribution in [0.15, 0.2) is 35.2 Å². The Balaban J connectivity index is 3.13. The predicted molar refractivity (Wildman–Crippen MR) is 68.3 cm³/mol. The van der Waals surface area contributed by atoms with Gasteiger partial charge in [0.2, 0.25) is 5.91 Å². The van der Waals surface area contributed by atoms with Crippen LogP contribution >= 0.6 is 0 Å². The standard InChI is InChI=1S/C10H8N2O8S/c13-9(3-4-10(14)15)11-6-1-2-8(21(18,19)20)7(5-6)12(16)17/h1-5H,(H,11,13)(H,14,15)(H,18,19,20)/b4-3-. The molecule has 0 saturated carbocycles. The summed E-state index contributed by atoms with van der Waals surface area (Å²) >= 11 is 0. The van der Waals surface area contributed by atoms with Gasteiger partial charge in [0.1, 0.15) is 0 Å². The van der Waals surface area contributed by atoms with E-state index >= 15 is 0 Å². The molecule has 0 aromatic heterocycles. The average Bonchev–Trinajstić information content (AvgIpc) is 2.34. The Bertz CT molecular complexity index is 737. The summed E-state index contributed by atoms with van der Waals surface area (Å²) < 4.78 is 30.8. The number of amides is 1. The van der Waals surface area contributed by atoms with Crippen LogP contribution in [0.5, 0.6) is 0 Å². The van der Waals surface area contributed by atoms with Gasteiger partial charge < -0.3 is 10.4 Å². The molecule has 0 aliphatic heterocycles. The average molecular weight is 316 g/mol. The lowest BCUT2D eigenvalue weighted by atomic mass is 10.2. The minimum Gasteiger partial charge on any atom is -0.478 e. The number of benzene rings is 1. The minimum atomic E-state index is -4.79. The molecule has 11 heteroatoms. The number of nitro groups is 1. The van der Waals surface area contributed by atoms with Gasteiger partial charge in [-0.05, 0) is 12.1 Å². The first-order chi connectivity index (χ1) is 9.61. The summed E-state index contributed by atoms with van der Waals surface area (Å²) in [4.78, 5) is 30.3. The Kier molecular flexibility index (Phi) is 4.73. The second-order valence-electron chi connectivity index (χ2n) is 3.58. The molecule has 21 heavy (non-hydrogen) atoms. The van der Waals surface area contributed by atoms with Crippen molar-refractivity contribution in [2.24, 2.45) is 0 Å². The highest BCUT2D eigenvalue weighted by Gasteiger charge is 2.24. The lowest BCUT2D eigenvalue weighted by Crippen LogP contribution is -2.10. The van der Waals surface area contributed by atoms with E-state index in [1.165, 1.54) is 0 Å². The number of carboxylic acid groups (broad SMARTS) is 1. The lowest BCUT2D eigenvalue weighted by Gasteiger charge is -2.04. The molecule has 0 aliphatic rings. The molecule has 0 unspecified atom stereocenters. The molecule has 1 rings (SSSR count). The van der Waals surface area contributed by atoms with Crippen molar-refractivity contribution in [1.82, 2.24) is 0 Å². The fourth-order valence-electron chi connectivity index (χ4n) is 1.29. The summed E-state index contributed by atoms with van der Waals surface area (Å²) in [6, 6.07) is 2.46. The molecule has 0 saturated heterocycles. The van der Waals surface area contributed by atoms with Crippen molar-refractivity contribution in [3.8, 4) is 0 Å². The van der Waals surface area contributed by atoms with E-state index < -0.39 is 37.5 Å². The molecule has 1 aromatic rings. The van der Waals surface area contributed by atoms with Crippen LogP contribution in [-0.4, -0.2) is 34.9 Å². The van der Waals surface area contributed by atoms with Crippen LogP contribution in [0.4, 0.5) is 11.4 Å². The van der Waals surface area contributed by atoms with E-state index in [4.69, 9.17) is 9.66 Å². The van der Waals surface area contributed by atoms with Crippen LogP contribution in [0.2, 0.25) is 0 Å². The molecular formula is C10H8N2O8S. The SMILES string of the molecule is O=C(O)/C=C\C(=O)Nc1ccc(S(=O)(=O)O)c([N+](=O)[O-])c1. The number of carbonyl (C=O) groups excluding carboxylic acids is 1. The molecule has 1 amide bonds. The van der Waals surface area contributed by atoms with Crippen LogP contribution in [0.3, 0.4) is 0 Å². The first-order valence-electron chi connectivity index (χ1n) is 5.09. The number of aliphatic carboxylic acids is 1. The van der Waals surface area contributed by atoms with Gasteiger partial charge >= 0.3 is 16.1 Å². The summed E-state index contributed by atoms with van der Waals surface area (Å²) in [6.45, 7) is 0. The zero-order chi connectivity index (χ0) is 16.2. The highest BCUT2D eigenvalue weighted by Crippen LogP contribution is 2.26. The predicted octanol–water partition coefficient (Wildman–Crippen LogP) is 0.421. The molecule has 0 atom stereocenters. The Morgan fingerprint density at radius 2 is 1.90 bits per heavy atom. The lowest BCUT2D eigenvalue weighted by molar-refractivity contribution is -0.387. The number of carboxylic acids is 1. The molecule has 0 spiro atoms. The topological polar surface area (TPSA) is 164 Å². The molecule has 0 bridgehead atoms. The second-order valence-corrected chi connectivity index (χ2v) is 4.97. The van der Waals surface area contributed by atoms with Gasteiger partial charge in [-0.3, -0.25) is 19.5 Å². The molecule has 0 heterocycles. The third-order valence-electron chi connectivity index (χ3n) is 2.08. The maximum absolute atomic E-state index is 11.3. The Hall–Kier alpha value is -2.79. The quantitative estimate of drug-likeness (QED) is 0.304. The normalized spacial score (nSPS) is 11.3. The first-order valence-corrected chi connectivity index (χ1v) is 6.53. The third-order valence-corrected chi connectivity index (χ3v) is 2.98. The summed E-state index contributed by atoms with van der Waals surface area (Å²) in [7, 11) is -4.79. The van der Waals surface area contributed by atoms with Crippen molar-refractivity contribution >= 4 is 33.4 Å². The van der Waals surface area contributed by atoms with Gasteiger partial charge in [-0.1, -0.05) is 0 Å². The van der Waals surface area contributed by atoms with Gasteiger partial charge in [0, 0.05) is 23.9 Å². The van der Waals surface area contributed by atoms with Gasteiger partial charge in [0.15, 0.2) is 4.90 Å². The van der Waals surface area contributed by atoms with Crippen LogP contribution in [-0.2, 0) is 19.7 Å². The van der Waals surface area contributed by atoms with Crippen LogP contribution < -0.4 is 5.32 Å². The Labute approximate surface area is 117 Å². The third kappa shape index (κ3) is 4.67. The summed E-state index contributed by atoms with van der Waals surface area (Å²) in [6.07, 6.45) is 1.22. The fourth-order valence-corrected chi connectivity index (χ4v) is 1.92. The van der Waals surface area contributed by atoms with Gasteiger partial charge in [0.25, 0.3) is 5.69 Å². The highest BCUT2D eigenvalue weighted by molar-refractivity contribution is 7.86. The van der Waals surface area contributed by atoms with Gasteiger partial charge in [-0.15, -0.1) is 0 Å². The van der Waals surface area contributed by atoms with Gasteiger partial charge in [0.05, 0.1) is 4.92 Å². The van der Waals surface area contributed by atoms with Crippen molar-refractivity contribution in [3.63, 3.8) is 0 Å². The first kappa shape index (κ1) is 16.3. The smallest absolute Gasteiger partial charge is 0.328 e. The maximum Gasteiger partial charge on any atom is 0.328 e. The monoisotopic (exact) mass is 316 g/mol. The maximum atomic E-state index is 11.3. The van der Waals surface area contributed by atoms with Crippen molar-refractivity contribution < 1.29 is 32.6 Å². The molecule has 1 aromatic carbocycles.